The molecule has 7 heteroatoms. The van der Waals surface area contributed by atoms with Crippen molar-refractivity contribution in [3.63, 3.8) is 0 Å². The smallest absolute Gasteiger partial charge is 0.317 e. The van der Waals surface area contributed by atoms with Crippen LogP contribution >= 0.6 is 0 Å². The van der Waals surface area contributed by atoms with Crippen LogP contribution in [0, 0.1) is 5.92 Å². The highest BCUT2D eigenvalue weighted by Gasteiger charge is 2.25. The van der Waals surface area contributed by atoms with Crippen molar-refractivity contribution in [3.05, 3.63) is 34.6 Å². The van der Waals surface area contributed by atoms with Crippen molar-refractivity contribution in [1.29, 1.82) is 0 Å². The largest absolute Gasteiger partial charge is 0.338 e. The predicted molar refractivity (Wildman–Crippen MR) is 96.5 cm³/mol. The molecule has 1 aromatic heterocycles. The highest BCUT2D eigenvalue weighted by atomic mass is 16.2. The van der Waals surface area contributed by atoms with Crippen LogP contribution < -0.4 is 10.9 Å². The Kier molecular flexibility index (Phi) is 5.31. The minimum absolute atomic E-state index is 0.00989. The molecule has 2 heterocycles. The number of aromatic nitrogens is 3. The molecule has 0 unspecified atom stereocenters. The van der Waals surface area contributed by atoms with Crippen LogP contribution in [0.25, 0.3) is 10.9 Å². The standard InChI is InChI=1S/C18H25N5O2/c1-13(2)7-10-19-18(25)22-11-8-14(9-12-22)23-17(24)15-5-3-4-6-16(15)20-21-23/h3-6,13-14H,7-12H2,1-2H3,(H,19,25). The first-order valence-corrected chi connectivity index (χ1v) is 8.93. The predicted octanol–water partition coefficient (Wildman–Crippen LogP) is 2.18. The lowest BCUT2D eigenvalue weighted by Gasteiger charge is -2.32. The second kappa shape index (κ2) is 7.63. The number of carbonyl (C=O) groups is 1. The van der Waals surface area contributed by atoms with Crippen molar-refractivity contribution in [2.24, 2.45) is 5.92 Å². The van der Waals surface area contributed by atoms with E-state index in [4.69, 9.17) is 0 Å². The van der Waals surface area contributed by atoms with E-state index in [1.165, 1.54) is 4.68 Å². The fourth-order valence-corrected chi connectivity index (χ4v) is 3.13. The van der Waals surface area contributed by atoms with E-state index in [-0.39, 0.29) is 17.6 Å². The summed E-state index contributed by atoms with van der Waals surface area (Å²) in [6, 6.07) is 7.22. The maximum absolute atomic E-state index is 12.6. The third kappa shape index (κ3) is 3.97. The molecule has 1 fully saturated rings. The minimum Gasteiger partial charge on any atom is -0.338 e. The van der Waals surface area contributed by atoms with Crippen molar-refractivity contribution in [3.8, 4) is 0 Å². The van der Waals surface area contributed by atoms with Gasteiger partial charge in [-0.15, -0.1) is 5.10 Å². The lowest BCUT2D eigenvalue weighted by atomic mass is 10.1. The Bertz CT molecular complexity index is 793. The number of hydrogen-bond donors (Lipinski definition) is 1. The molecule has 134 valence electrons. The van der Waals surface area contributed by atoms with Crippen molar-refractivity contribution in [1.82, 2.24) is 25.2 Å². The van der Waals surface area contributed by atoms with Gasteiger partial charge in [-0.25, -0.2) is 9.48 Å². The summed E-state index contributed by atoms with van der Waals surface area (Å²) >= 11 is 0. The average molecular weight is 343 g/mol. The molecular weight excluding hydrogens is 318 g/mol. The zero-order valence-electron chi connectivity index (χ0n) is 14.8. The van der Waals surface area contributed by atoms with Crippen LogP contribution in [-0.2, 0) is 0 Å². The number of benzene rings is 1. The summed E-state index contributed by atoms with van der Waals surface area (Å²) in [7, 11) is 0. The van der Waals surface area contributed by atoms with E-state index in [1.54, 1.807) is 12.1 Å². The molecule has 0 atom stereocenters. The summed E-state index contributed by atoms with van der Waals surface area (Å²) in [5, 5.41) is 11.8. The van der Waals surface area contributed by atoms with E-state index < -0.39 is 0 Å². The number of nitrogens with zero attached hydrogens (tertiary/aromatic N) is 4. The van der Waals surface area contributed by atoms with Crippen LogP contribution in [0.5, 0.6) is 0 Å². The van der Waals surface area contributed by atoms with Gasteiger partial charge in [-0.1, -0.05) is 31.2 Å². The number of likely N-dealkylation sites (tertiary alicyclic amines) is 1. The van der Waals surface area contributed by atoms with E-state index in [1.807, 2.05) is 17.0 Å². The maximum atomic E-state index is 12.6. The van der Waals surface area contributed by atoms with Gasteiger partial charge in [0, 0.05) is 19.6 Å². The van der Waals surface area contributed by atoms with Gasteiger partial charge in [-0.3, -0.25) is 4.79 Å². The van der Waals surface area contributed by atoms with E-state index in [0.29, 0.717) is 49.3 Å². The number of nitrogens with one attached hydrogen (secondary N) is 1. The van der Waals surface area contributed by atoms with E-state index in [2.05, 4.69) is 29.5 Å². The highest BCUT2D eigenvalue weighted by molar-refractivity contribution is 5.76. The van der Waals surface area contributed by atoms with Crippen molar-refractivity contribution in [2.75, 3.05) is 19.6 Å². The van der Waals surface area contributed by atoms with Crippen LogP contribution in [0.4, 0.5) is 4.79 Å². The SMILES string of the molecule is CC(C)CCNC(=O)N1CCC(n2nnc3ccccc3c2=O)CC1. The van der Waals surface area contributed by atoms with E-state index >= 15 is 0 Å². The molecular formula is C18H25N5O2. The Morgan fingerprint density at radius 2 is 2.00 bits per heavy atom. The molecule has 2 amide bonds. The first kappa shape index (κ1) is 17.4. The molecule has 1 aliphatic rings. The Hall–Kier alpha value is -2.44. The summed E-state index contributed by atoms with van der Waals surface area (Å²) in [5.41, 5.74) is 0.510. The first-order valence-electron chi connectivity index (χ1n) is 8.93. The molecule has 1 aromatic carbocycles. The Labute approximate surface area is 147 Å². The van der Waals surface area contributed by atoms with Crippen LogP contribution in [0.15, 0.2) is 29.1 Å². The molecule has 1 saturated heterocycles. The second-order valence-electron chi connectivity index (χ2n) is 6.99. The van der Waals surface area contributed by atoms with Crippen LogP contribution in [0.2, 0.25) is 0 Å². The minimum atomic E-state index is -0.106. The molecule has 0 radical (unpaired) electrons. The van der Waals surface area contributed by atoms with Gasteiger partial charge >= 0.3 is 6.03 Å². The number of hydrogen-bond acceptors (Lipinski definition) is 4. The quantitative estimate of drug-likeness (QED) is 0.923. The number of carbonyl (C=O) groups excluding carboxylic acids is 1. The lowest BCUT2D eigenvalue weighted by Crippen LogP contribution is -2.46. The number of rotatable bonds is 4. The van der Waals surface area contributed by atoms with E-state index in [0.717, 1.165) is 6.42 Å². The van der Waals surface area contributed by atoms with Gasteiger partial charge in [0.15, 0.2) is 0 Å². The molecule has 7 nitrogen and oxygen atoms in total. The summed E-state index contributed by atoms with van der Waals surface area (Å²) in [4.78, 5) is 26.6. The van der Waals surface area contributed by atoms with Crippen LogP contribution in [0.1, 0.15) is 39.2 Å². The molecule has 0 spiro atoms. The Balaban J connectivity index is 1.62. The molecule has 0 saturated carbocycles. The number of urea groups is 1. The van der Waals surface area contributed by atoms with Gasteiger partial charge < -0.3 is 10.2 Å². The monoisotopic (exact) mass is 343 g/mol. The van der Waals surface area contributed by atoms with Crippen molar-refractivity contribution < 1.29 is 4.79 Å². The normalized spacial score (nSPS) is 15.7. The lowest BCUT2D eigenvalue weighted by molar-refractivity contribution is 0.166. The van der Waals surface area contributed by atoms with Crippen molar-refractivity contribution >= 4 is 16.9 Å². The van der Waals surface area contributed by atoms with Crippen LogP contribution in [0.3, 0.4) is 0 Å². The molecule has 0 aliphatic carbocycles. The molecule has 1 aliphatic heterocycles. The Morgan fingerprint density at radius 1 is 1.28 bits per heavy atom. The van der Waals surface area contributed by atoms with Gasteiger partial charge in [0.05, 0.1) is 11.4 Å². The van der Waals surface area contributed by atoms with Gasteiger partial charge in [-0.05, 0) is 37.3 Å². The van der Waals surface area contributed by atoms with Gasteiger partial charge in [0.2, 0.25) is 0 Å². The summed E-state index contributed by atoms with van der Waals surface area (Å²) < 4.78 is 1.48. The van der Waals surface area contributed by atoms with Gasteiger partial charge in [0.1, 0.15) is 5.52 Å². The molecule has 0 bridgehead atoms. The molecule has 3 rings (SSSR count). The molecule has 1 N–H and O–H groups in total. The third-order valence-electron chi connectivity index (χ3n) is 4.69. The molecule has 25 heavy (non-hydrogen) atoms. The highest BCUT2D eigenvalue weighted by Crippen LogP contribution is 2.20. The fourth-order valence-electron chi connectivity index (χ4n) is 3.13. The maximum Gasteiger partial charge on any atom is 0.317 e. The first-order chi connectivity index (χ1) is 12.1. The summed E-state index contributed by atoms with van der Waals surface area (Å²) in [6.45, 7) is 6.23. The van der Waals surface area contributed by atoms with Crippen LogP contribution in [-0.4, -0.2) is 45.6 Å². The third-order valence-corrected chi connectivity index (χ3v) is 4.69. The Morgan fingerprint density at radius 3 is 2.72 bits per heavy atom. The summed E-state index contributed by atoms with van der Waals surface area (Å²) in [5.74, 6) is 0.574. The number of piperidine rings is 1. The number of amides is 2. The van der Waals surface area contributed by atoms with Gasteiger partial charge in [-0.2, -0.15) is 0 Å². The van der Waals surface area contributed by atoms with Gasteiger partial charge in [0.25, 0.3) is 5.56 Å². The zero-order chi connectivity index (χ0) is 17.8. The average Bonchev–Trinajstić information content (AvgIpc) is 2.62. The zero-order valence-corrected chi connectivity index (χ0v) is 14.8. The number of fused-ring (bicyclic) bond motifs is 1. The van der Waals surface area contributed by atoms with Crippen molar-refractivity contribution in [2.45, 2.75) is 39.2 Å². The topological polar surface area (TPSA) is 80.1 Å². The second-order valence-corrected chi connectivity index (χ2v) is 6.99. The summed E-state index contributed by atoms with van der Waals surface area (Å²) in [6.07, 6.45) is 2.40. The van der Waals surface area contributed by atoms with E-state index in [9.17, 15) is 9.59 Å². The molecule has 2 aromatic rings. The fraction of sp³-hybridized carbons (Fsp3) is 0.556.